The van der Waals surface area contributed by atoms with E-state index in [9.17, 15) is 14.7 Å². The van der Waals surface area contributed by atoms with Gasteiger partial charge in [-0.1, -0.05) is 17.8 Å². The van der Waals surface area contributed by atoms with Crippen molar-refractivity contribution in [2.75, 3.05) is 17.6 Å². The lowest BCUT2D eigenvalue weighted by molar-refractivity contribution is -0.135. The first kappa shape index (κ1) is 13.4. The SMILES string of the molecule is Cc1ccc(NC(=O)C(=O)NC2=NCCS2)c(O)c1. The molecule has 2 amide bonds. The maximum atomic E-state index is 11.6. The number of nitrogens with zero attached hydrogens (tertiary/aromatic N) is 1. The number of phenolic OH excluding ortho intramolecular Hbond substituents is 1. The highest BCUT2D eigenvalue weighted by atomic mass is 32.2. The number of amides is 2. The summed E-state index contributed by atoms with van der Waals surface area (Å²) in [7, 11) is 0. The van der Waals surface area contributed by atoms with Crippen molar-refractivity contribution in [2.24, 2.45) is 4.99 Å². The van der Waals surface area contributed by atoms with E-state index in [1.165, 1.54) is 23.9 Å². The number of aromatic hydroxyl groups is 1. The summed E-state index contributed by atoms with van der Waals surface area (Å²) in [5, 5.41) is 14.8. The number of carbonyl (C=O) groups excluding carboxylic acids is 2. The third kappa shape index (κ3) is 3.47. The normalized spacial score (nSPS) is 13.8. The smallest absolute Gasteiger partial charge is 0.315 e. The van der Waals surface area contributed by atoms with E-state index in [0.29, 0.717) is 11.7 Å². The molecule has 1 aliphatic heterocycles. The molecule has 0 bridgehead atoms. The standard InChI is InChI=1S/C12H13N3O3S/c1-7-2-3-8(9(16)6-7)14-10(17)11(18)15-12-13-4-5-19-12/h2-3,6,16H,4-5H2,1H3,(H,14,17)(H,13,15,18). The molecule has 1 aromatic rings. The molecule has 1 aliphatic rings. The van der Waals surface area contributed by atoms with E-state index in [0.717, 1.165) is 11.3 Å². The molecule has 1 heterocycles. The first-order valence-corrected chi connectivity index (χ1v) is 6.64. The van der Waals surface area contributed by atoms with E-state index in [-0.39, 0.29) is 11.4 Å². The van der Waals surface area contributed by atoms with Crippen molar-refractivity contribution in [2.45, 2.75) is 6.92 Å². The Balaban J connectivity index is 1.98. The lowest BCUT2D eigenvalue weighted by atomic mass is 10.2. The number of phenols is 1. The van der Waals surface area contributed by atoms with Crippen LogP contribution in [-0.2, 0) is 9.59 Å². The van der Waals surface area contributed by atoms with E-state index >= 15 is 0 Å². The number of amidine groups is 1. The second-order valence-corrected chi connectivity index (χ2v) is 5.05. The van der Waals surface area contributed by atoms with Gasteiger partial charge in [-0.3, -0.25) is 19.9 Å². The van der Waals surface area contributed by atoms with Crippen molar-refractivity contribution in [3.05, 3.63) is 23.8 Å². The molecule has 0 radical (unpaired) electrons. The minimum absolute atomic E-state index is 0.0752. The summed E-state index contributed by atoms with van der Waals surface area (Å²) in [5.74, 6) is -0.910. The van der Waals surface area contributed by atoms with Crippen LogP contribution in [0.4, 0.5) is 5.69 Å². The fourth-order valence-corrected chi connectivity index (χ4v) is 2.21. The number of benzene rings is 1. The first-order valence-electron chi connectivity index (χ1n) is 5.65. The summed E-state index contributed by atoms with van der Waals surface area (Å²) >= 11 is 1.39. The molecule has 0 atom stereocenters. The van der Waals surface area contributed by atoms with Crippen LogP contribution in [0.1, 0.15) is 5.56 Å². The molecule has 1 aromatic carbocycles. The van der Waals surface area contributed by atoms with Gasteiger partial charge in [-0.15, -0.1) is 0 Å². The molecule has 0 spiro atoms. The van der Waals surface area contributed by atoms with Crippen LogP contribution in [0.5, 0.6) is 5.75 Å². The van der Waals surface area contributed by atoms with Crippen LogP contribution >= 0.6 is 11.8 Å². The summed E-state index contributed by atoms with van der Waals surface area (Å²) in [6, 6.07) is 4.77. The second-order valence-electron chi connectivity index (χ2n) is 3.96. The van der Waals surface area contributed by atoms with Gasteiger partial charge in [-0.05, 0) is 24.6 Å². The van der Waals surface area contributed by atoms with Crippen molar-refractivity contribution in [3.8, 4) is 5.75 Å². The fourth-order valence-electron chi connectivity index (χ4n) is 1.49. The Morgan fingerprint density at radius 3 is 2.68 bits per heavy atom. The van der Waals surface area contributed by atoms with Gasteiger partial charge in [0.2, 0.25) is 0 Å². The highest BCUT2D eigenvalue weighted by molar-refractivity contribution is 8.14. The van der Waals surface area contributed by atoms with E-state index in [2.05, 4.69) is 15.6 Å². The monoisotopic (exact) mass is 279 g/mol. The van der Waals surface area contributed by atoms with Gasteiger partial charge in [-0.2, -0.15) is 0 Å². The molecule has 2 rings (SSSR count). The molecular formula is C12H13N3O3S. The summed E-state index contributed by atoms with van der Waals surface area (Å²) in [6.45, 7) is 2.45. The largest absolute Gasteiger partial charge is 0.506 e. The lowest BCUT2D eigenvalue weighted by Gasteiger charge is -2.08. The number of thioether (sulfide) groups is 1. The molecule has 100 valence electrons. The highest BCUT2D eigenvalue weighted by Crippen LogP contribution is 2.23. The zero-order chi connectivity index (χ0) is 13.8. The predicted molar refractivity (Wildman–Crippen MR) is 74.4 cm³/mol. The molecule has 0 fully saturated rings. The molecular weight excluding hydrogens is 266 g/mol. The Kier molecular flexibility index (Phi) is 4.06. The van der Waals surface area contributed by atoms with Crippen LogP contribution in [0, 0.1) is 6.92 Å². The number of rotatable bonds is 1. The number of aliphatic imine (C=N–C) groups is 1. The molecule has 7 heteroatoms. The number of anilines is 1. The van der Waals surface area contributed by atoms with Crippen LogP contribution < -0.4 is 10.6 Å². The Bertz CT molecular complexity index is 557. The van der Waals surface area contributed by atoms with Crippen LogP contribution in [0.3, 0.4) is 0 Å². The number of hydrogen-bond acceptors (Lipinski definition) is 5. The molecule has 0 unspecified atom stereocenters. The maximum absolute atomic E-state index is 11.6. The van der Waals surface area contributed by atoms with Gasteiger partial charge in [0.1, 0.15) is 5.75 Å². The van der Waals surface area contributed by atoms with Crippen molar-refractivity contribution in [1.29, 1.82) is 0 Å². The fraction of sp³-hybridized carbons (Fsp3) is 0.250. The van der Waals surface area contributed by atoms with Crippen LogP contribution in [0.25, 0.3) is 0 Å². The number of nitrogens with one attached hydrogen (secondary N) is 2. The zero-order valence-corrected chi connectivity index (χ0v) is 11.1. The zero-order valence-electron chi connectivity index (χ0n) is 10.3. The molecule has 3 N–H and O–H groups in total. The number of hydrogen-bond donors (Lipinski definition) is 3. The maximum Gasteiger partial charge on any atom is 0.315 e. The third-order valence-electron chi connectivity index (χ3n) is 2.41. The first-order chi connectivity index (χ1) is 9.06. The molecule has 0 saturated heterocycles. The van der Waals surface area contributed by atoms with Crippen molar-refractivity contribution < 1.29 is 14.7 Å². The molecule has 19 heavy (non-hydrogen) atoms. The topological polar surface area (TPSA) is 90.8 Å². The van der Waals surface area contributed by atoms with Gasteiger partial charge in [0.15, 0.2) is 5.17 Å². The van der Waals surface area contributed by atoms with Gasteiger partial charge >= 0.3 is 11.8 Å². The third-order valence-corrected chi connectivity index (χ3v) is 3.30. The van der Waals surface area contributed by atoms with Crippen LogP contribution in [0.15, 0.2) is 23.2 Å². The molecule has 0 saturated carbocycles. The Morgan fingerprint density at radius 2 is 2.05 bits per heavy atom. The summed E-state index contributed by atoms with van der Waals surface area (Å²) < 4.78 is 0. The van der Waals surface area contributed by atoms with Crippen LogP contribution in [-0.4, -0.2) is 34.4 Å². The summed E-state index contributed by atoms with van der Waals surface area (Å²) in [6.07, 6.45) is 0. The van der Waals surface area contributed by atoms with Gasteiger partial charge in [0, 0.05) is 5.75 Å². The molecule has 0 aromatic heterocycles. The molecule has 0 aliphatic carbocycles. The Morgan fingerprint density at radius 1 is 1.32 bits per heavy atom. The lowest BCUT2D eigenvalue weighted by Crippen LogP contribution is -2.37. The molecule has 6 nitrogen and oxygen atoms in total. The Hall–Kier alpha value is -2.02. The highest BCUT2D eigenvalue weighted by Gasteiger charge is 2.18. The van der Waals surface area contributed by atoms with E-state index < -0.39 is 11.8 Å². The van der Waals surface area contributed by atoms with Gasteiger partial charge in [-0.25, -0.2) is 0 Å². The minimum atomic E-state index is -0.839. The van der Waals surface area contributed by atoms with Crippen molar-refractivity contribution >= 4 is 34.4 Å². The quantitative estimate of drug-likeness (QED) is 0.525. The van der Waals surface area contributed by atoms with E-state index in [4.69, 9.17) is 0 Å². The van der Waals surface area contributed by atoms with E-state index in [1.54, 1.807) is 6.07 Å². The Labute approximate surface area is 114 Å². The minimum Gasteiger partial charge on any atom is -0.506 e. The van der Waals surface area contributed by atoms with Crippen LogP contribution in [0.2, 0.25) is 0 Å². The predicted octanol–water partition coefficient (Wildman–Crippen LogP) is 0.858. The van der Waals surface area contributed by atoms with Crippen molar-refractivity contribution in [3.63, 3.8) is 0 Å². The average Bonchev–Trinajstić information content (AvgIpc) is 2.85. The van der Waals surface area contributed by atoms with Gasteiger partial charge in [0.05, 0.1) is 12.2 Å². The summed E-state index contributed by atoms with van der Waals surface area (Å²) in [4.78, 5) is 27.2. The van der Waals surface area contributed by atoms with Gasteiger partial charge < -0.3 is 10.4 Å². The average molecular weight is 279 g/mol. The van der Waals surface area contributed by atoms with Crippen molar-refractivity contribution in [1.82, 2.24) is 5.32 Å². The second kappa shape index (κ2) is 5.75. The number of carbonyl (C=O) groups is 2. The summed E-state index contributed by atoms with van der Waals surface area (Å²) in [5.41, 5.74) is 1.06. The van der Waals surface area contributed by atoms with E-state index in [1.807, 2.05) is 6.92 Å². The number of aryl methyl sites for hydroxylation is 1. The van der Waals surface area contributed by atoms with Gasteiger partial charge in [0.25, 0.3) is 0 Å².